The lowest BCUT2D eigenvalue weighted by Crippen LogP contribution is -2.14. The van der Waals surface area contributed by atoms with Crippen molar-refractivity contribution in [3.8, 4) is 17.2 Å². The minimum Gasteiger partial charge on any atom is -0.495 e. The highest BCUT2D eigenvalue weighted by Crippen LogP contribution is 2.38. The minimum atomic E-state index is -4.32. The Bertz CT molecular complexity index is 964. The van der Waals surface area contributed by atoms with E-state index < -0.39 is 27.7 Å². The molecule has 0 unspecified atom stereocenters. The molecule has 1 aromatic carbocycles. The van der Waals surface area contributed by atoms with Crippen LogP contribution in [0.15, 0.2) is 23.2 Å². The molecule has 6 N–H and O–H groups in total. The van der Waals surface area contributed by atoms with Gasteiger partial charge in [-0.1, -0.05) is 13.8 Å². The number of nitrogens with zero attached hydrogens (tertiary/aromatic N) is 2. The SMILES string of the molecule is [2H]C([2H])([2H])Oc1cc(C(C)C)c(Oc2cnc(N)nc2N)cc1S(N)(=O)=O. The van der Waals surface area contributed by atoms with Crippen molar-refractivity contribution in [3.05, 3.63) is 23.9 Å². The van der Waals surface area contributed by atoms with Crippen molar-refractivity contribution in [2.75, 3.05) is 18.5 Å². The van der Waals surface area contributed by atoms with Gasteiger partial charge in [-0.05, 0) is 12.0 Å². The number of methoxy groups -OCH3 is 1. The molecule has 0 bridgehead atoms. The molecule has 2 aromatic rings. The Hall–Kier alpha value is -2.59. The molecule has 0 aliphatic heterocycles. The van der Waals surface area contributed by atoms with Crippen molar-refractivity contribution >= 4 is 21.8 Å². The number of ether oxygens (including phenoxy) is 2. The first-order chi connectivity index (χ1) is 12.3. The van der Waals surface area contributed by atoms with Gasteiger partial charge in [-0.15, -0.1) is 0 Å². The molecule has 2 rings (SSSR count). The Kier molecular flexibility index (Phi) is 3.74. The average molecular weight is 356 g/mol. The van der Waals surface area contributed by atoms with Crippen LogP contribution in [0, 0.1) is 0 Å². The molecule has 0 fully saturated rings. The van der Waals surface area contributed by atoms with Gasteiger partial charge in [-0.3, -0.25) is 0 Å². The number of sulfonamides is 1. The Morgan fingerprint density at radius 1 is 1.21 bits per heavy atom. The lowest BCUT2D eigenvalue weighted by molar-refractivity contribution is 0.398. The van der Waals surface area contributed by atoms with Crippen molar-refractivity contribution in [2.24, 2.45) is 5.14 Å². The van der Waals surface area contributed by atoms with E-state index in [9.17, 15) is 8.42 Å². The Morgan fingerprint density at radius 2 is 1.92 bits per heavy atom. The highest BCUT2D eigenvalue weighted by Gasteiger charge is 2.22. The van der Waals surface area contributed by atoms with Gasteiger partial charge < -0.3 is 20.9 Å². The fourth-order valence-electron chi connectivity index (χ4n) is 1.99. The van der Waals surface area contributed by atoms with E-state index >= 15 is 0 Å². The highest BCUT2D eigenvalue weighted by molar-refractivity contribution is 7.89. The molecule has 0 radical (unpaired) electrons. The first-order valence-electron chi connectivity index (χ1n) is 8.23. The van der Waals surface area contributed by atoms with Crippen LogP contribution in [0.3, 0.4) is 0 Å². The minimum absolute atomic E-state index is 0.0379. The summed E-state index contributed by atoms with van der Waals surface area (Å²) in [4.78, 5) is 6.98. The number of hydrogen-bond acceptors (Lipinski definition) is 8. The van der Waals surface area contributed by atoms with Crippen LogP contribution in [0.2, 0.25) is 0 Å². The molecular weight excluding hydrogens is 334 g/mol. The quantitative estimate of drug-likeness (QED) is 0.721. The van der Waals surface area contributed by atoms with Crippen molar-refractivity contribution in [1.29, 1.82) is 0 Å². The average Bonchev–Trinajstić information content (AvgIpc) is 2.48. The predicted molar refractivity (Wildman–Crippen MR) is 89.4 cm³/mol. The normalized spacial score (nSPS) is 13.9. The third-order valence-electron chi connectivity index (χ3n) is 3.14. The lowest BCUT2D eigenvalue weighted by Gasteiger charge is -2.17. The number of nitrogen functional groups attached to an aromatic ring is 2. The number of nitrogens with two attached hydrogens (primary N) is 3. The second-order valence-corrected chi connectivity index (χ2v) is 6.75. The zero-order valence-corrected chi connectivity index (χ0v) is 13.8. The predicted octanol–water partition coefficient (Wildman–Crippen LogP) is 1.21. The van der Waals surface area contributed by atoms with Crippen molar-refractivity contribution in [1.82, 2.24) is 9.97 Å². The molecule has 0 saturated carbocycles. The summed E-state index contributed by atoms with van der Waals surface area (Å²) in [6, 6.07) is 2.32. The van der Waals surface area contributed by atoms with Gasteiger partial charge in [0.05, 0.1) is 17.3 Å². The van der Waals surface area contributed by atoms with Gasteiger partial charge in [0.2, 0.25) is 16.0 Å². The summed E-state index contributed by atoms with van der Waals surface area (Å²) in [5.74, 6) is -0.602. The van der Waals surface area contributed by atoms with Crippen LogP contribution < -0.4 is 26.1 Å². The largest absolute Gasteiger partial charge is 0.495 e. The van der Waals surface area contributed by atoms with Crippen LogP contribution in [0.1, 0.15) is 29.4 Å². The molecule has 9 nitrogen and oxygen atoms in total. The smallest absolute Gasteiger partial charge is 0.241 e. The van der Waals surface area contributed by atoms with E-state index in [1.807, 2.05) is 0 Å². The van der Waals surface area contributed by atoms with E-state index in [4.69, 9.17) is 30.2 Å². The zero-order valence-electron chi connectivity index (χ0n) is 16.0. The summed E-state index contributed by atoms with van der Waals surface area (Å²) in [5, 5.41) is 5.20. The summed E-state index contributed by atoms with van der Waals surface area (Å²) in [5.41, 5.74) is 11.6. The highest BCUT2D eigenvalue weighted by atomic mass is 32.2. The molecule has 10 heteroatoms. The molecule has 1 heterocycles. The summed E-state index contributed by atoms with van der Waals surface area (Å²) in [6.07, 6.45) is 1.23. The van der Waals surface area contributed by atoms with Crippen molar-refractivity contribution in [3.63, 3.8) is 0 Å². The zero-order chi connectivity index (χ0) is 20.6. The molecule has 1 aromatic heterocycles. The first-order valence-corrected chi connectivity index (χ1v) is 8.28. The van der Waals surface area contributed by atoms with Gasteiger partial charge in [0.1, 0.15) is 16.4 Å². The number of primary sulfonamides is 1. The van der Waals surface area contributed by atoms with Gasteiger partial charge >= 0.3 is 0 Å². The molecule has 130 valence electrons. The van der Waals surface area contributed by atoms with Crippen LogP contribution in [0.5, 0.6) is 17.2 Å². The van der Waals surface area contributed by atoms with Gasteiger partial charge in [0, 0.05) is 11.6 Å². The standard InChI is InChI=1S/C14H19N5O4S/c1-7(2)8-4-10(22-3)12(24(17,20)21)5-9(8)23-11-6-18-14(16)19-13(11)15/h4-7H,1-3H3,(H2,17,20,21)(H4,15,16,18,19)/i3D3. The van der Waals surface area contributed by atoms with Gasteiger partial charge in [-0.25, -0.2) is 18.5 Å². The van der Waals surface area contributed by atoms with E-state index in [2.05, 4.69) is 9.97 Å². The molecule has 0 amide bonds. The number of rotatable bonds is 5. The van der Waals surface area contributed by atoms with Gasteiger partial charge in [0.15, 0.2) is 11.6 Å². The Balaban J connectivity index is 2.65. The lowest BCUT2D eigenvalue weighted by atomic mass is 10.0. The van der Waals surface area contributed by atoms with E-state index in [1.165, 1.54) is 12.3 Å². The van der Waals surface area contributed by atoms with E-state index in [1.54, 1.807) is 13.8 Å². The number of anilines is 2. The molecule has 0 aliphatic carbocycles. The summed E-state index contributed by atoms with van der Waals surface area (Å²) < 4.78 is 56.0. The van der Waals surface area contributed by atoms with Crippen molar-refractivity contribution in [2.45, 2.75) is 24.7 Å². The maximum Gasteiger partial charge on any atom is 0.241 e. The summed E-state index contributed by atoms with van der Waals surface area (Å²) >= 11 is 0. The Labute approximate surface area is 144 Å². The van der Waals surface area contributed by atoms with Crippen LogP contribution in [-0.4, -0.2) is 25.4 Å². The van der Waals surface area contributed by atoms with Crippen LogP contribution >= 0.6 is 0 Å². The second-order valence-electron chi connectivity index (χ2n) is 5.22. The maximum absolute atomic E-state index is 11.9. The third-order valence-corrected chi connectivity index (χ3v) is 4.07. The second kappa shape index (κ2) is 6.49. The van der Waals surface area contributed by atoms with E-state index in [0.29, 0.717) is 5.56 Å². The molecule has 0 aliphatic rings. The van der Waals surface area contributed by atoms with Gasteiger partial charge in [-0.2, -0.15) is 4.98 Å². The fraction of sp³-hybridized carbons (Fsp3) is 0.286. The maximum atomic E-state index is 11.9. The van der Waals surface area contributed by atoms with Crippen LogP contribution in [-0.2, 0) is 10.0 Å². The molecular formula is C14H19N5O4S. The van der Waals surface area contributed by atoms with E-state index in [-0.39, 0.29) is 29.2 Å². The fourth-order valence-corrected chi connectivity index (χ4v) is 2.65. The monoisotopic (exact) mass is 356 g/mol. The number of benzene rings is 1. The Morgan fingerprint density at radius 3 is 2.46 bits per heavy atom. The van der Waals surface area contributed by atoms with Gasteiger partial charge in [0.25, 0.3) is 0 Å². The molecule has 24 heavy (non-hydrogen) atoms. The first kappa shape index (κ1) is 13.8. The summed E-state index contributed by atoms with van der Waals surface area (Å²) in [6.45, 7) is 3.58. The van der Waals surface area contributed by atoms with Crippen LogP contribution in [0.4, 0.5) is 11.8 Å². The molecule has 0 atom stereocenters. The molecule has 0 spiro atoms. The number of aromatic nitrogens is 2. The van der Waals surface area contributed by atoms with Crippen LogP contribution in [0.25, 0.3) is 0 Å². The third kappa shape index (κ3) is 3.66. The van der Waals surface area contributed by atoms with E-state index in [0.717, 1.165) is 6.07 Å². The molecule has 0 saturated heterocycles. The van der Waals surface area contributed by atoms with Crippen molar-refractivity contribution < 1.29 is 22.0 Å². The topological polar surface area (TPSA) is 156 Å². The summed E-state index contributed by atoms with van der Waals surface area (Å²) in [7, 11) is -7.19. The number of hydrogen-bond donors (Lipinski definition) is 3.